The topological polar surface area (TPSA) is 63.3 Å². The fourth-order valence-corrected chi connectivity index (χ4v) is 2.62. The Hall–Kier alpha value is -1.35. The Bertz CT molecular complexity index is 429. The van der Waals surface area contributed by atoms with Crippen LogP contribution in [-0.4, -0.2) is 11.1 Å². The van der Waals surface area contributed by atoms with Gasteiger partial charge in [0.2, 0.25) is 0 Å². The molecular weight excluding hydrogens is 226 g/mol. The third kappa shape index (κ3) is 3.33. The highest BCUT2D eigenvalue weighted by molar-refractivity contribution is 5.66. The van der Waals surface area contributed by atoms with E-state index in [9.17, 15) is 4.79 Å². The normalized spacial score (nSPS) is 16.1. The van der Waals surface area contributed by atoms with Gasteiger partial charge in [-0.05, 0) is 55.2 Å². The van der Waals surface area contributed by atoms with Crippen molar-refractivity contribution in [3.8, 4) is 0 Å². The lowest BCUT2D eigenvalue weighted by molar-refractivity contribution is -0.137. The van der Waals surface area contributed by atoms with E-state index in [1.807, 2.05) is 0 Å². The summed E-state index contributed by atoms with van der Waals surface area (Å²) in [6.07, 6.45) is 6.49. The van der Waals surface area contributed by atoms with E-state index in [2.05, 4.69) is 18.2 Å². The standard InChI is InChI=1S/C15H21NO2/c16-14(6-3-7-15(17)18)13-9-8-11-4-1-2-5-12(11)10-13/h8-10,14H,1-7,16H2,(H,17,18). The number of rotatable bonds is 5. The number of fused-ring (bicyclic) bond motifs is 1. The van der Waals surface area contributed by atoms with Crippen LogP contribution in [0.2, 0.25) is 0 Å². The molecule has 0 amide bonds. The van der Waals surface area contributed by atoms with Gasteiger partial charge in [0.25, 0.3) is 0 Å². The Kier molecular flexibility index (Phi) is 4.37. The van der Waals surface area contributed by atoms with Crippen LogP contribution < -0.4 is 5.73 Å². The van der Waals surface area contributed by atoms with Crippen LogP contribution in [0.5, 0.6) is 0 Å². The zero-order valence-corrected chi connectivity index (χ0v) is 10.7. The van der Waals surface area contributed by atoms with Crippen molar-refractivity contribution in [1.29, 1.82) is 0 Å². The fourth-order valence-electron chi connectivity index (χ4n) is 2.62. The van der Waals surface area contributed by atoms with Crippen molar-refractivity contribution in [2.24, 2.45) is 5.73 Å². The molecule has 0 radical (unpaired) electrons. The summed E-state index contributed by atoms with van der Waals surface area (Å²) in [5.74, 6) is -0.743. The van der Waals surface area contributed by atoms with E-state index in [0.717, 1.165) is 18.4 Å². The van der Waals surface area contributed by atoms with Gasteiger partial charge >= 0.3 is 5.97 Å². The van der Waals surface area contributed by atoms with Crippen LogP contribution >= 0.6 is 0 Å². The van der Waals surface area contributed by atoms with Gasteiger partial charge in [-0.15, -0.1) is 0 Å². The van der Waals surface area contributed by atoms with Crippen molar-refractivity contribution in [2.45, 2.75) is 51.0 Å². The molecule has 0 heterocycles. The van der Waals surface area contributed by atoms with Crippen LogP contribution in [0.1, 0.15) is 54.8 Å². The highest BCUT2D eigenvalue weighted by Crippen LogP contribution is 2.25. The van der Waals surface area contributed by atoms with Gasteiger partial charge < -0.3 is 10.8 Å². The van der Waals surface area contributed by atoms with Crippen molar-refractivity contribution < 1.29 is 9.90 Å². The molecule has 1 aliphatic rings. The molecule has 3 heteroatoms. The Morgan fingerprint density at radius 3 is 2.72 bits per heavy atom. The number of nitrogens with two attached hydrogens (primary N) is 1. The molecule has 18 heavy (non-hydrogen) atoms. The first-order valence-corrected chi connectivity index (χ1v) is 6.76. The minimum absolute atomic E-state index is 0.0309. The number of aliphatic carboxylic acids is 1. The first-order chi connectivity index (χ1) is 8.66. The minimum Gasteiger partial charge on any atom is -0.481 e. The summed E-state index contributed by atoms with van der Waals surface area (Å²) in [6.45, 7) is 0. The van der Waals surface area contributed by atoms with E-state index in [1.54, 1.807) is 0 Å². The second-order valence-corrected chi connectivity index (χ2v) is 5.13. The van der Waals surface area contributed by atoms with Crippen LogP contribution in [0.15, 0.2) is 18.2 Å². The zero-order valence-electron chi connectivity index (χ0n) is 10.7. The lowest BCUT2D eigenvalue weighted by atomic mass is 9.88. The van der Waals surface area contributed by atoms with Gasteiger partial charge in [0.15, 0.2) is 0 Å². The highest BCUT2D eigenvalue weighted by Gasteiger charge is 2.12. The minimum atomic E-state index is -0.743. The van der Waals surface area contributed by atoms with E-state index in [-0.39, 0.29) is 12.5 Å². The van der Waals surface area contributed by atoms with Crippen molar-refractivity contribution in [1.82, 2.24) is 0 Å². The average Bonchev–Trinajstić information content (AvgIpc) is 2.37. The highest BCUT2D eigenvalue weighted by atomic mass is 16.4. The van der Waals surface area contributed by atoms with Crippen LogP contribution in [0.25, 0.3) is 0 Å². The van der Waals surface area contributed by atoms with Crippen LogP contribution in [0.4, 0.5) is 0 Å². The molecule has 1 aromatic carbocycles. The molecule has 2 rings (SSSR count). The van der Waals surface area contributed by atoms with Gasteiger partial charge in [-0.2, -0.15) is 0 Å². The van der Waals surface area contributed by atoms with Crippen molar-refractivity contribution in [3.05, 3.63) is 34.9 Å². The van der Waals surface area contributed by atoms with E-state index in [1.165, 1.54) is 30.4 Å². The molecule has 0 fully saturated rings. The van der Waals surface area contributed by atoms with Gasteiger partial charge in [-0.1, -0.05) is 18.2 Å². The first-order valence-electron chi connectivity index (χ1n) is 6.76. The third-order valence-electron chi connectivity index (χ3n) is 3.71. The summed E-state index contributed by atoms with van der Waals surface area (Å²) >= 11 is 0. The number of aryl methyl sites for hydroxylation is 2. The third-order valence-corrected chi connectivity index (χ3v) is 3.71. The molecule has 0 aromatic heterocycles. The second-order valence-electron chi connectivity index (χ2n) is 5.13. The maximum atomic E-state index is 10.5. The average molecular weight is 247 g/mol. The number of hydrogen-bond donors (Lipinski definition) is 2. The lowest BCUT2D eigenvalue weighted by Crippen LogP contribution is -2.12. The van der Waals surface area contributed by atoms with Gasteiger partial charge in [0, 0.05) is 12.5 Å². The molecule has 1 atom stereocenters. The Balaban J connectivity index is 1.97. The van der Waals surface area contributed by atoms with Gasteiger partial charge in [-0.3, -0.25) is 4.79 Å². The molecule has 0 spiro atoms. The molecule has 3 N–H and O–H groups in total. The molecule has 1 unspecified atom stereocenters. The van der Waals surface area contributed by atoms with E-state index in [4.69, 9.17) is 10.8 Å². The predicted octanol–water partition coefficient (Wildman–Crippen LogP) is 2.82. The van der Waals surface area contributed by atoms with Gasteiger partial charge in [0.05, 0.1) is 0 Å². The Morgan fingerprint density at radius 1 is 1.28 bits per heavy atom. The maximum Gasteiger partial charge on any atom is 0.303 e. The van der Waals surface area contributed by atoms with Gasteiger partial charge in [-0.25, -0.2) is 0 Å². The van der Waals surface area contributed by atoms with Gasteiger partial charge in [0.1, 0.15) is 0 Å². The van der Waals surface area contributed by atoms with Crippen molar-refractivity contribution in [2.75, 3.05) is 0 Å². The molecule has 98 valence electrons. The molecular formula is C15H21NO2. The van der Waals surface area contributed by atoms with Crippen LogP contribution in [0.3, 0.4) is 0 Å². The van der Waals surface area contributed by atoms with E-state index in [0.29, 0.717) is 6.42 Å². The molecule has 0 bridgehead atoms. The smallest absolute Gasteiger partial charge is 0.303 e. The van der Waals surface area contributed by atoms with Crippen molar-refractivity contribution >= 4 is 5.97 Å². The largest absolute Gasteiger partial charge is 0.481 e. The van der Waals surface area contributed by atoms with Crippen LogP contribution in [0, 0.1) is 0 Å². The molecule has 0 saturated carbocycles. The summed E-state index contributed by atoms with van der Waals surface area (Å²) < 4.78 is 0. The molecule has 1 aromatic rings. The lowest BCUT2D eigenvalue weighted by Gasteiger charge is -2.19. The molecule has 3 nitrogen and oxygen atoms in total. The molecule has 0 saturated heterocycles. The quantitative estimate of drug-likeness (QED) is 0.841. The number of carboxylic acids is 1. The number of hydrogen-bond acceptors (Lipinski definition) is 2. The Morgan fingerprint density at radius 2 is 2.00 bits per heavy atom. The predicted molar refractivity (Wildman–Crippen MR) is 71.5 cm³/mol. The zero-order chi connectivity index (χ0) is 13.0. The summed E-state index contributed by atoms with van der Waals surface area (Å²) in [6, 6.07) is 6.49. The summed E-state index contributed by atoms with van der Waals surface area (Å²) in [5.41, 5.74) is 10.2. The van der Waals surface area contributed by atoms with E-state index < -0.39 is 5.97 Å². The number of carbonyl (C=O) groups is 1. The maximum absolute atomic E-state index is 10.5. The summed E-state index contributed by atoms with van der Waals surface area (Å²) in [5, 5.41) is 8.61. The number of carboxylic acid groups (broad SMARTS) is 1. The molecule has 0 aliphatic heterocycles. The van der Waals surface area contributed by atoms with Crippen LogP contribution in [-0.2, 0) is 17.6 Å². The molecule has 1 aliphatic carbocycles. The first kappa shape index (κ1) is 13.1. The Labute approximate surface area is 108 Å². The summed E-state index contributed by atoms with van der Waals surface area (Å²) in [7, 11) is 0. The number of benzene rings is 1. The second kappa shape index (κ2) is 6.01. The monoisotopic (exact) mass is 247 g/mol. The van der Waals surface area contributed by atoms with E-state index >= 15 is 0 Å². The van der Waals surface area contributed by atoms with Crippen molar-refractivity contribution in [3.63, 3.8) is 0 Å². The summed E-state index contributed by atoms with van der Waals surface area (Å²) in [4.78, 5) is 10.5. The SMILES string of the molecule is NC(CCCC(=O)O)c1ccc2c(c1)CCCC2. The fraction of sp³-hybridized carbons (Fsp3) is 0.533.